The van der Waals surface area contributed by atoms with Crippen molar-refractivity contribution in [3.05, 3.63) is 69.5 Å². The van der Waals surface area contributed by atoms with E-state index in [1.807, 2.05) is 68.6 Å². The highest BCUT2D eigenvalue weighted by Gasteiger charge is 2.25. The number of halogens is 1. The number of thioether (sulfide) groups is 1. The van der Waals surface area contributed by atoms with Gasteiger partial charge in [0.05, 0.1) is 17.0 Å². The Morgan fingerprint density at radius 1 is 1.14 bits per heavy atom. The molecule has 2 aromatic rings. The molecule has 0 spiro atoms. The highest BCUT2D eigenvalue weighted by atomic mass is 35.5. The number of hydrogen-bond acceptors (Lipinski definition) is 8. The number of aliphatic imine (C=N–C) groups is 2. The molecule has 0 saturated carbocycles. The van der Waals surface area contributed by atoms with Gasteiger partial charge in [0.25, 0.3) is 0 Å². The lowest BCUT2D eigenvalue weighted by molar-refractivity contribution is 0.133. The molecule has 0 unspecified atom stereocenters. The topological polar surface area (TPSA) is 67.5 Å². The maximum atomic E-state index is 10.0. The molecule has 0 radical (unpaired) electrons. The Bertz CT molecular complexity index is 1290. The summed E-state index contributed by atoms with van der Waals surface area (Å²) in [5, 5.41) is 11.4. The fourth-order valence-electron chi connectivity index (χ4n) is 4.24. The van der Waals surface area contributed by atoms with E-state index in [2.05, 4.69) is 22.9 Å². The molecule has 194 valence electrons. The zero-order valence-electron chi connectivity index (χ0n) is 22.1. The molecule has 0 bridgehead atoms. The van der Waals surface area contributed by atoms with Gasteiger partial charge in [0.15, 0.2) is 0 Å². The Morgan fingerprint density at radius 3 is 2.51 bits per heavy atom. The lowest BCUT2D eigenvalue weighted by Crippen LogP contribution is -2.45. The molecule has 0 aromatic heterocycles. The first-order valence-corrected chi connectivity index (χ1v) is 13.9. The molecule has 1 saturated heterocycles. The number of fused-ring (bicyclic) bond motifs is 1. The number of allylic oxidation sites excluding steroid dienone is 1. The second-order valence-corrected chi connectivity index (χ2v) is 10.6. The molecule has 2 heterocycles. The molecule has 0 atom stereocenters. The van der Waals surface area contributed by atoms with Crippen molar-refractivity contribution >= 4 is 39.8 Å². The molecule has 2 aliphatic heterocycles. The fourth-order valence-corrected chi connectivity index (χ4v) is 5.05. The number of piperazine rings is 1. The zero-order chi connectivity index (χ0) is 26.5. The van der Waals surface area contributed by atoms with Crippen molar-refractivity contribution in [3.8, 4) is 11.8 Å². The summed E-state index contributed by atoms with van der Waals surface area (Å²) in [6.07, 6.45) is 1.99. The second kappa shape index (κ2) is 12.1. The molecule has 2 aliphatic rings. The average molecular weight is 537 g/mol. The van der Waals surface area contributed by atoms with Crippen LogP contribution in [-0.4, -0.2) is 92.2 Å². The largest absolute Gasteiger partial charge is 0.491 e. The highest BCUT2D eigenvalue weighted by Crippen LogP contribution is 2.37. The first-order valence-electron chi connectivity index (χ1n) is 12.3. The Balaban J connectivity index is 1.78. The van der Waals surface area contributed by atoms with E-state index in [1.165, 1.54) is 11.8 Å². The predicted molar refractivity (Wildman–Crippen MR) is 155 cm³/mol. The molecule has 1 fully saturated rings. The van der Waals surface area contributed by atoms with Crippen molar-refractivity contribution in [1.82, 2.24) is 14.7 Å². The van der Waals surface area contributed by atoms with Crippen LogP contribution in [0.5, 0.6) is 5.75 Å². The van der Waals surface area contributed by atoms with E-state index in [0.29, 0.717) is 34.3 Å². The zero-order valence-corrected chi connectivity index (χ0v) is 23.7. The summed E-state index contributed by atoms with van der Waals surface area (Å²) >= 11 is 8.19. The number of likely N-dealkylation sites (N-methyl/N-ethyl adjacent to an activating group) is 1. The first kappa shape index (κ1) is 27.2. The van der Waals surface area contributed by atoms with Crippen LogP contribution in [0.15, 0.2) is 57.8 Å². The number of benzene rings is 2. The lowest BCUT2D eigenvalue weighted by Gasteiger charge is -2.32. The van der Waals surface area contributed by atoms with Crippen molar-refractivity contribution < 1.29 is 4.74 Å². The lowest BCUT2D eigenvalue weighted by atomic mass is 9.98. The number of hydrogen-bond donors (Lipinski definition) is 0. The smallest absolute Gasteiger partial charge is 0.139 e. The number of rotatable bonds is 6. The SMILES string of the molecule is CSC1=Nc2cc(OCCN3CCN(C)CC3)c(C#N)cc2C(c2ccccc2Cl)=NC1=C(C)N(C)C. The Hall–Kier alpha value is -2.83. The van der Waals surface area contributed by atoms with Crippen LogP contribution in [0.25, 0.3) is 0 Å². The third kappa shape index (κ3) is 6.19. The molecule has 4 rings (SSSR count). The normalized spacial score (nSPS) is 17.8. The van der Waals surface area contributed by atoms with E-state index in [4.69, 9.17) is 26.3 Å². The summed E-state index contributed by atoms with van der Waals surface area (Å²) in [6.45, 7) is 7.51. The Labute approximate surface area is 229 Å². The van der Waals surface area contributed by atoms with Crippen LogP contribution in [-0.2, 0) is 0 Å². The van der Waals surface area contributed by atoms with E-state index in [-0.39, 0.29) is 0 Å². The summed E-state index contributed by atoms with van der Waals surface area (Å²) in [5.41, 5.74) is 5.15. The first-order chi connectivity index (χ1) is 17.8. The molecular formula is C28H33ClN6OS. The third-order valence-electron chi connectivity index (χ3n) is 6.72. The molecule has 0 amide bonds. The maximum Gasteiger partial charge on any atom is 0.139 e. The predicted octanol–water partition coefficient (Wildman–Crippen LogP) is 4.87. The van der Waals surface area contributed by atoms with E-state index < -0.39 is 0 Å². The van der Waals surface area contributed by atoms with Crippen LogP contribution in [0.2, 0.25) is 5.02 Å². The van der Waals surface area contributed by atoms with Gasteiger partial charge in [-0.25, -0.2) is 9.98 Å². The van der Waals surface area contributed by atoms with Crippen LogP contribution in [0.4, 0.5) is 5.69 Å². The average Bonchev–Trinajstić information content (AvgIpc) is 3.05. The summed E-state index contributed by atoms with van der Waals surface area (Å²) in [7, 11) is 6.12. The van der Waals surface area contributed by atoms with Gasteiger partial charge in [-0.15, -0.1) is 11.8 Å². The van der Waals surface area contributed by atoms with Crippen LogP contribution < -0.4 is 4.74 Å². The quantitative estimate of drug-likeness (QED) is 0.524. The molecule has 9 heteroatoms. The van der Waals surface area contributed by atoms with Gasteiger partial charge in [-0.3, -0.25) is 4.90 Å². The van der Waals surface area contributed by atoms with Gasteiger partial charge < -0.3 is 14.5 Å². The van der Waals surface area contributed by atoms with Gasteiger partial charge in [-0.1, -0.05) is 29.8 Å². The second-order valence-electron chi connectivity index (χ2n) is 9.36. The van der Waals surface area contributed by atoms with Crippen LogP contribution in [0.1, 0.15) is 23.6 Å². The summed E-state index contributed by atoms with van der Waals surface area (Å²) in [5.74, 6) is 0.537. The van der Waals surface area contributed by atoms with Crippen LogP contribution >= 0.6 is 23.4 Å². The van der Waals surface area contributed by atoms with E-state index in [1.54, 1.807) is 0 Å². The molecule has 37 heavy (non-hydrogen) atoms. The number of ether oxygens (including phenoxy) is 1. The Morgan fingerprint density at radius 2 is 1.86 bits per heavy atom. The van der Waals surface area contributed by atoms with Crippen LogP contribution in [0, 0.1) is 11.3 Å². The number of nitriles is 1. The molecule has 0 N–H and O–H groups in total. The number of nitrogens with zero attached hydrogens (tertiary/aromatic N) is 6. The van der Waals surface area contributed by atoms with Gasteiger partial charge in [0, 0.05) is 74.7 Å². The van der Waals surface area contributed by atoms with E-state index >= 15 is 0 Å². The summed E-state index contributed by atoms with van der Waals surface area (Å²) in [4.78, 5) is 16.9. The van der Waals surface area contributed by atoms with Crippen molar-refractivity contribution in [2.45, 2.75) is 6.92 Å². The van der Waals surface area contributed by atoms with Gasteiger partial charge in [0.1, 0.15) is 29.2 Å². The van der Waals surface area contributed by atoms with Crippen molar-refractivity contribution in [2.75, 3.05) is 66.7 Å². The minimum absolute atomic E-state index is 0.453. The summed E-state index contributed by atoms with van der Waals surface area (Å²) in [6, 6.07) is 13.7. The van der Waals surface area contributed by atoms with Gasteiger partial charge >= 0.3 is 0 Å². The molecular weight excluding hydrogens is 504 g/mol. The monoisotopic (exact) mass is 536 g/mol. The minimum atomic E-state index is 0.453. The highest BCUT2D eigenvalue weighted by molar-refractivity contribution is 8.13. The standard InChI is InChI=1S/C28H33ClN6OS/c1-19(33(2)3)26-28(37-5)31-24-17-25(36-15-14-35-12-10-34(4)11-13-35)20(18-30)16-22(24)27(32-26)21-8-6-7-9-23(21)29/h6-9,16-17H,10-15H2,1-5H3. The van der Waals surface area contributed by atoms with Crippen molar-refractivity contribution in [3.63, 3.8) is 0 Å². The van der Waals surface area contributed by atoms with Gasteiger partial charge in [-0.05, 0) is 32.4 Å². The third-order valence-corrected chi connectivity index (χ3v) is 7.72. The van der Waals surface area contributed by atoms with Gasteiger partial charge in [0.2, 0.25) is 0 Å². The molecule has 0 aliphatic carbocycles. The molecule has 7 nitrogen and oxygen atoms in total. The summed E-state index contributed by atoms with van der Waals surface area (Å²) < 4.78 is 6.17. The minimum Gasteiger partial charge on any atom is -0.491 e. The fraction of sp³-hybridized carbons (Fsp3) is 0.393. The van der Waals surface area contributed by atoms with Gasteiger partial charge in [-0.2, -0.15) is 5.26 Å². The van der Waals surface area contributed by atoms with Crippen molar-refractivity contribution in [1.29, 1.82) is 5.26 Å². The van der Waals surface area contributed by atoms with E-state index in [0.717, 1.165) is 60.3 Å². The Kier molecular flexibility index (Phi) is 8.93. The molecule has 2 aromatic carbocycles. The van der Waals surface area contributed by atoms with Crippen LogP contribution in [0.3, 0.4) is 0 Å². The van der Waals surface area contributed by atoms with Crippen molar-refractivity contribution in [2.24, 2.45) is 9.98 Å². The van der Waals surface area contributed by atoms with E-state index in [9.17, 15) is 5.26 Å². The maximum absolute atomic E-state index is 10.0.